The molecular formula is C10H19N3O5S. The number of aliphatic carboxylic acids is 1. The van der Waals surface area contributed by atoms with Gasteiger partial charge in [-0.1, -0.05) is 0 Å². The van der Waals surface area contributed by atoms with E-state index in [1.165, 1.54) is 11.2 Å². The molecule has 0 saturated carbocycles. The Bertz CT molecular complexity index is 442. The predicted octanol–water partition coefficient (Wildman–Crippen LogP) is -1.72. The van der Waals surface area contributed by atoms with Crippen LogP contribution in [-0.2, 0) is 19.6 Å². The molecule has 0 spiro atoms. The number of nitrogens with two attached hydrogens (primary N) is 1. The average molecular weight is 293 g/mol. The Balaban J connectivity index is 2.51. The second-order valence-corrected chi connectivity index (χ2v) is 6.54. The van der Waals surface area contributed by atoms with Gasteiger partial charge in [-0.05, 0) is 6.42 Å². The Morgan fingerprint density at radius 1 is 1.26 bits per heavy atom. The van der Waals surface area contributed by atoms with E-state index in [9.17, 15) is 18.0 Å². The van der Waals surface area contributed by atoms with Crippen molar-refractivity contribution in [3.05, 3.63) is 0 Å². The number of sulfonamides is 1. The third kappa shape index (κ3) is 4.44. The molecule has 0 aromatic carbocycles. The van der Waals surface area contributed by atoms with Crippen molar-refractivity contribution in [2.24, 2.45) is 5.73 Å². The number of amides is 1. The highest BCUT2D eigenvalue weighted by Gasteiger charge is 2.28. The van der Waals surface area contributed by atoms with Crippen LogP contribution < -0.4 is 5.73 Å². The van der Waals surface area contributed by atoms with Crippen molar-refractivity contribution in [1.82, 2.24) is 9.21 Å². The number of hydrogen-bond donors (Lipinski definition) is 2. The van der Waals surface area contributed by atoms with E-state index in [1.54, 1.807) is 4.90 Å². The Hall–Kier alpha value is -1.19. The summed E-state index contributed by atoms with van der Waals surface area (Å²) in [7, 11) is -3.51. The molecule has 1 saturated heterocycles. The lowest BCUT2D eigenvalue weighted by Gasteiger charge is -2.33. The van der Waals surface area contributed by atoms with Crippen molar-refractivity contribution in [2.45, 2.75) is 19.4 Å². The van der Waals surface area contributed by atoms with Crippen molar-refractivity contribution >= 4 is 21.9 Å². The number of carbonyl (C=O) groups excluding carboxylic acids is 1. The monoisotopic (exact) mass is 293 g/mol. The maximum absolute atomic E-state index is 12.0. The normalized spacial score (nSPS) is 19.2. The minimum absolute atomic E-state index is 0.0788. The van der Waals surface area contributed by atoms with Gasteiger partial charge in [0.05, 0.1) is 5.75 Å². The molecule has 9 heteroatoms. The van der Waals surface area contributed by atoms with Crippen LogP contribution in [0.15, 0.2) is 0 Å². The second kappa shape index (κ2) is 6.31. The molecule has 0 aliphatic carbocycles. The van der Waals surface area contributed by atoms with Gasteiger partial charge in [0.1, 0.15) is 6.04 Å². The van der Waals surface area contributed by atoms with Gasteiger partial charge in [-0.2, -0.15) is 4.31 Å². The summed E-state index contributed by atoms with van der Waals surface area (Å²) in [6.07, 6.45) is -0.120. The van der Waals surface area contributed by atoms with Crippen molar-refractivity contribution in [3.63, 3.8) is 0 Å². The van der Waals surface area contributed by atoms with Crippen LogP contribution in [0.1, 0.15) is 13.3 Å². The van der Waals surface area contributed by atoms with Crippen LogP contribution in [0.2, 0.25) is 0 Å². The van der Waals surface area contributed by atoms with E-state index >= 15 is 0 Å². The number of hydrogen-bond acceptors (Lipinski definition) is 5. The second-order valence-electron chi connectivity index (χ2n) is 4.45. The molecular weight excluding hydrogens is 274 g/mol. The lowest BCUT2D eigenvalue weighted by molar-refractivity contribution is -0.138. The molecule has 1 fully saturated rings. The molecule has 110 valence electrons. The van der Waals surface area contributed by atoms with E-state index in [1.807, 2.05) is 0 Å². The van der Waals surface area contributed by atoms with E-state index in [0.717, 1.165) is 0 Å². The molecule has 1 rings (SSSR count). The Labute approximate surface area is 112 Å². The van der Waals surface area contributed by atoms with Gasteiger partial charge in [-0.15, -0.1) is 0 Å². The number of carboxylic acids is 1. The fraction of sp³-hybridized carbons (Fsp3) is 0.800. The highest BCUT2D eigenvalue weighted by Crippen LogP contribution is 2.10. The minimum Gasteiger partial charge on any atom is -0.480 e. The molecule has 0 aromatic heterocycles. The molecule has 0 radical (unpaired) electrons. The highest BCUT2D eigenvalue weighted by molar-refractivity contribution is 7.89. The molecule has 8 nitrogen and oxygen atoms in total. The fourth-order valence-corrected chi connectivity index (χ4v) is 3.34. The van der Waals surface area contributed by atoms with Gasteiger partial charge in [-0.3, -0.25) is 9.59 Å². The Morgan fingerprint density at radius 2 is 1.79 bits per heavy atom. The first-order valence-corrected chi connectivity index (χ1v) is 7.56. The molecule has 0 bridgehead atoms. The Morgan fingerprint density at radius 3 is 2.21 bits per heavy atom. The van der Waals surface area contributed by atoms with Gasteiger partial charge in [0.2, 0.25) is 15.9 Å². The quantitative estimate of drug-likeness (QED) is 0.622. The smallest absolute Gasteiger partial charge is 0.320 e. The summed E-state index contributed by atoms with van der Waals surface area (Å²) in [4.78, 5) is 23.2. The van der Waals surface area contributed by atoms with Gasteiger partial charge in [0.15, 0.2) is 0 Å². The van der Waals surface area contributed by atoms with Crippen molar-refractivity contribution in [3.8, 4) is 0 Å². The first-order chi connectivity index (χ1) is 8.74. The summed E-state index contributed by atoms with van der Waals surface area (Å²) in [5, 5.41) is 8.61. The van der Waals surface area contributed by atoms with Crippen LogP contribution in [0.5, 0.6) is 0 Å². The van der Waals surface area contributed by atoms with Gasteiger partial charge >= 0.3 is 5.97 Å². The largest absolute Gasteiger partial charge is 0.480 e. The zero-order valence-corrected chi connectivity index (χ0v) is 11.6. The Kier molecular flexibility index (Phi) is 5.27. The summed E-state index contributed by atoms with van der Waals surface area (Å²) < 4.78 is 25.2. The van der Waals surface area contributed by atoms with E-state index in [0.29, 0.717) is 13.1 Å². The van der Waals surface area contributed by atoms with Crippen LogP contribution in [0.4, 0.5) is 0 Å². The minimum atomic E-state index is -3.51. The van der Waals surface area contributed by atoms with Gasteiger partial charge in [0.25, 0.3) is 0 Å². The molecule has 3 N–H and O–H groups in total. The zero-order chi connectivity index (χ0) is 14.6. The lowest BCUT2D eigenvalue weighted by Crippen LogP contribution is -2.50. The molecule has 0 unspecified atom stereocenters. The van der Waals surface area contributed by atoms with Crippen LogP contribution in [0.25, 0.3) is 0 Å². The van der Waals surface area contributed by atoms with Gasteiger partial charge in [-0.25, -0.2) is 8.42 Å². The molecule has 19 heavy (non-hydrogen) atoms. The van der Waals surface area contributed by atoms with Gasteiger partial charge in [0, 0.05) is 33.1 Å². The lowest BCUT2D eigenvalue weighted by atomic mass is 10.2. The molecule has 1 heterocycles. The van der Waals surface area contributed by atoms with Gasteiger partial charge < -0.3 is 15.7 Å². The summed E-state index contributed by atoms with van der Waals surface area (Å²) in [6.45, 7) is 2.64. The zero-order valence-electron chi connectivity index (χ0n) is 10.8. The van der Waals surface area contributed by atoms with Crippen molar-refractivity contribution in [1.29, 1.82) is 0 Å². The maximum Gasteiger partial charge on any atom is 0.320 e. The van der Waals surface area contributed by atoms with Crippen LogP contribution in [-0.4, -0.2) is 72.6 Å². The topological polar surface area (TPSA) is 121 Å². The standard InChI is InChI=1S/C10H19N3O5S/c1-8(14)12-3-5-13(6-4-12)19(17,18)7-2-9(11)10(15)16/h9H,2-7,11H2,1H3,(H,15,16)/t9-/m0/s1. The van der Waals surface area contributed by atoms with Crippen molar-refractivity contribution < 1.29 is 23.1 Å². The molecule has 0 aromatic rings. The van der Waals surface area contributed by atoms with Crippen molar-refractivity contribution in [2.75, 3.05) is 31.9 Å². The SMILES string of the molecule is CC(=O)N1CCN(S(=O)(=O)CC[C@H](N)C(=O)O)CC1. The maximum atomic E-state index is 12.0. The van der Waals surface area contributed by atoms with E-state index < -0.39 is 22.0 Å². The molecule has 1 amide bonds. The number of rotatable bonds is 5. The number of piperazine rings is 1. The highest BCUT2D eigenvalue weighted by atomic mass is 32.2. The first-order valence-electron chi connectivity index (χ1n) is 5.96. The van der Waals surface area contributed by atoms with Crippen LogP contribution >= 0.6 is 0 Å². The number of nitrogens with zero attached hydrogens (tertiary/aromatic N) is 2. The average Bonchev–Trinajstić information content (AvgIpc) is 2.36. The molecule has 1 atom stereocenters. The number of carbonyl (C=O) groups is 2. The van der Waals surface area contributed by atoms with Crippen LogP contribution in [0.3, 0.4) is 0 Å². The first kappa shape index (κ1) is 15.9. The third-order valence-electron chi connectivity index (χ3n) is 3.08. The molecule has 1 aliphatic heterocycles. The van der Waals surface area contributed by atoms with Crippen LogP contribution in [0, 0.1) is 0 Å². The third-order valence-corrected chi connectivity index (χ3v) is 4.98. The summed E-state index contributed by atoms with van der Waals surface area (Å²) >= 11 is 0. The van der Waals surface area contributed by atoms with E-state index in [-0.39, 0.29) is 31.2 Å². The van der Waals surface area contributed by atoms with E-state index in [2.05, 4.69) is 0 Å². The van der Waals surface area contributed by atoms with E-state index in [4.69, 9.17) is 10.8 Å². The fourth-order valence-electron chi connectivity index (χ4n) is 1.81. The summed E-state index contributed by atoms with van der Waals surface area (Å²) in [5.74, 6) is -1.58. The summed E-state index contributed by atoms with van der Waals surface area (Å²) in [5.41, 5.74) is 5.28. The summed E-state index contributed by atoms with van der Waals surface area (Å²) in [6, 6.07) is -1.17. The molecule has 1 aliphatic rings. The predicted molar refractivity (Wildman–Crippen MR) is 67.8 cm³/mol. The number of carboxylic acid groups (broad SMARTS) is 1.